The minimum absolute atomic E-state index is 0.762. The molecule has 1 nitrogen and oxygen atoms in total. The number of hydrogen-bond donors (Lipinski definition) is 0. The predicted molar refractivity (Wildman–Crippen MR) is 103 cm³/mol. The van der Waals surface area contributed by atoms with Crippen LogP contribution in [0.3, 0.4) is 0 Å². The first kappa shape index (κ1) is 15.1. The van der Waals surface area contributed by atoms with E-state index in [0.29, 0.717) is 0 Å². The molecule has 0 aliphatic carbocycles. The second kappa shape index (κ2) is 6.60. The standard InChI is InChI=1S/C21H14ClNS/c22-19-12-5-4-11-18(19)16-9-6-10-17(13-16)20-14-24-21(23-20)15-7-2-1-3-8-15/h1-14H. The number of thiazole rings is 1. The Morgan fingerprint density at radius 2 is 1.42 bits per heavy atom. The van der Waals surface area contributed by atoms with Gasteiger partial charge >= 0.3 is 0 Å². The Bertz CT molecular complexity index is 976. The van der Waals surface area contributed by atoms with E-state index >= 15 is 0 Å². The highest BCUT2D eigenvalue weighted by Gasteiger charge is 2.08. The zero-order chi connectivity index (χ0) is 16.4. The Morgan fingerprint density at radius 3 is 2.25 bits per heavy atom. The maximum absolute atomic E-state index is 6.33. The molecule has 0 saturated carbocycles. The van der Waals surface area contributed by atoms with Crippen LogP contribution in [0.2, 0.25) is 5.02 Å². The molecule has 3 aromatic carbocycles. The highest BCUT2D eigenvalue weighted by Crippen LogP contribution is 2.33. The summed E-state index contributed by atoms with van der Waals surface area (Å²) in [4.78, 5) is 4.79. The first-order valence-electron chi connectivity index (χ1n) is 7.67. The molecule has 4 rings (SSSR count). The highest BCUT2D eigenvalue weighted by atomic mass is 35.5. The van der Waals surface area contributed by atoms with E-state index in [1.807, 2.05) is 42.5 Å². The number of hydrogen-bond acceptors (Lipinski definition) is 2. The van der Waals surface area contributed by atoms with Gasteiger partial charge in [0.05, 0.1) is 5.69 Å². The summed E-state index contributed by atoms with van der Waals surface area (Å²) in [5.74, 6) is 0. The van der Waals surface area contributed by atoms with Crippen molar-refractivity contribution in [2.45, 2.75) is 0 Å². The van der Waals surface area contributed by atoms with Crippen molar-refractivity contribution in [1.29, 1.82) is 0 Å². The van der Waals surface area contributed by atoms with Crippen LogP contribution in [0.1, 0.15) is 0 Å². The second-order valence-corrected chi connectivity index (χ2v) is 6.73. The van der Waals surface area contributed by atoms with Crippen molar-refractivity contribution in [2.24, 2.45) is 0 Å². The van der Waals surface area contributed by atoms with Crippen LogP contribution in [0.5, 0.6) is 0 Å². The summed E-state index contributed by atoms with van der Waals surface area (Å²) in [5.41, 5.74) is 5.39. The van der Waals surface area contributed by atoms with Gasteiger partial charge in [-0.05, 0) is 17.7 Å². The van der Waals surface area contributed by atoms with Gasteiger partial charge in [-0.3, -0.25) is 0 Å². The van der Waals surface area contributed by atoms with Crippen molar-refractivity contribution in [3.8, 4) is 33.0 Å². The zero-order valence-electron chi connectivity index (χ0n) is 12.8. The van der Waals surface area contributed by atoms with Gasteiger partial charge in [-0.25, -0.2) is 4.98 Å². The van der Waals surface area contributed by atoms with Gasteiger partial charge in [0, 0.05) is 27.1 Å². The molecule has 0 saturated heterocycles. The van der Waals surface area contributed by atoms with Crippen molar-refractivity contribution in [1.82, 2.24) is 4.98 Å². The fourth-order valence-corrected chi connectivity index (χ4v) is 3.74. The molecule has 4 aromatic rings. The molecule has 1 heterocycles. The van der Waals surface area contributed by atoms with Gasteiger partial charge in [0.2, 0.25) is 0 Å². The summed E-state index contributed by atoms with van der Waals surface area (Å²) in [6, 6.07) is 26.5. The Balaban J connectivity index is 1.72. The summed E-state index contributed by atoms with van der Waals surface area (Å²) < 4.78 is 0. The van der Waals surface area contributed by atoms with E-state index in [9.17, 15) is 0 Å². The van der Waals surface area contributed by atoms with Gasteiger partial charge < -0.3 is 0 Å². The first-order chi connectivity index (χ1) is 11.8. The van der Waals surface area contributed by atoms with E-state index in [-0.39, 0.29) is 0 Å². The predicted octanol–water partition coefficient (Wildman–Crippen LogP) is 6.80. The van der Waals surface area contributed by atoms with Gasteiger partial charge in [-0.2, -0.15) is 0 Å². The topological polar surface area (TPSA) is 12.9 Å². The lowest BCUT2D eigenvalue weighted by Gasteiger charge is -2.06. The molecule has 0 spiro atoms. The number of benzene rings is 3. The van der Waals surface area contributed by atoms with E-state index in [2.05, 4.69) is 41.8 Å². The van der Waals surface area contributed by atoms with Crippen molar-refractivity contribution in [3.05, 3.63) is 89.3 Å². The SMILES string of the molecule is Clc1ccccc1-c1cccc(-c2csc(-c3ccccc3)n2)c1. The summed E-state index contributed by atoms with van der Waals surface area (Å²) in [6.07, 6.45) is 0. The molecule has 0 aliphatic rings. The Hall–Kier alpha value is -2.42. The smallest absolute Gasteiger partial charge is 0.124 e. The van der Waals surface area contributed by atoms with Crippen LogP contribution in [-0.4, -0.2) is 4.98 Å². The van der Waals surface area contributed by atoms with Crippen LogP contribution in [-0.2, 0) is 0 Å². The average Bonchev–Trinajstić information content (AvgIpc) is 3.13. The van der Waals surface area contributed by atoms with Crippen LogP contribution in [0.15, 0.2) is 84.2 Å². The Morgan fingerprint density at radius 1 is 0.708 bits per heavy atom. The van der Waals surface area contributed by atoms with Gasteiger partial charge in [0.1, 0.15) is 5.01 Å². The van der Waals surface area contributed by atoms with Crippen molar-refractivity contribution < 1.29 is 0 Å². The number of rotatable bonds is 3. The zero-order valence-corrected chi connectivity index (χ0v) is 14.4. The van der Waals surface area contributed by atoms with Gasteiger partial charge in [0.15, 0.2) is 0 Å². The Labute approximate surface area is 150 Å². The van der Waals surface area contributed by atoms with Crippen molar-refractivity contribution in [2.75, 3.05) is 0 Å². The van der Waals surface area contributed by atoms with Crippen LogP contribution in [0.4, 0.5) is 0 Å². The molecular weight excluding hydrogens is 334 g/mol. The fraction of sp³-hybridized carbons (Fsp3) is 0. The first-order valence-corrected chi connectivity index (χ1v) is 8.93. The third-order valence-corrected chi connectivity index (χ3v) is 5.09. The number of halogens is 1. The number of aromatic nitrogens is 1. The molecule has 0 amide bonds. The monoisotopic (exact) mass is 347 g/mol. The largest absolute Gasteiger partial charge is 0.236 e. The normalized spacial score (nSPS) is 10.7. The average molecular weight is 348 g/mol. The third kappa shape index (κ3) is 2.99. The van der Waals surface area contributed by atoms with Gasteiger partial charge in [0.25, 0.3) is 0 Å². The third-order valence-electron chi connectivity index (χ3n) is 3.87. The summed E-state index contributed by atoms with van der Waals surface area (Å²) in [7, 11) is 0. The molecule has 24 heavy (non-hydrogen) atoms. The van der Waals surface area contributed by atoms with Crippen molar-refractivity contribution in [3.63, 3.8) is 0 Å². The molecule has 0 radical (unpaired) electrons. The lowest BCUT2D eigenvalue weighted by atomic mass is 10.0. The summed E-state index contributed by atoms with van der Waals surface area (Å²) in [5, 5.41) is 3.90. The maximum Gasteiger partial charge on any atom is 0.124 e. The molecule has 0 atom stereocenters. The second-order valence-electron chi connectivity index (χ2n) is 5.46. The van der Waals surface area contributed by atoms with E-state index in [1.54, 1.807) is 11.3 Å². The van der Waals surface area contributed by atoms with E-state index in [0.717, 1.165) is 38.0 Å². The lowest BCUT2D eigenvalue weighted by molar-refractivity contribution is 1.40. The molecule has 3 heteroatoms. The molecule has 0 aliphatic heterocycles. The van der Waals surface area contributed by atoms with Crippen LogP contribution in [0.25, 0.3) is 33.0 Å². The van der Waals surface area contributed by atoms with Gasteiger partial charge in [-0.15, -0.1) is 11.3 Å². The van der Waals surface area contributed by atoms with Crippen molar-refractivity contribution >= 4 is 22.9 Å². The van der Waals surface area contributed by atoms with Gasteiger partial charge in [-0.1, -0.05) is 78.3 Å². The van der Waals surface area contributed by atoms with Crippen LogP contribution < -0.4 is 0 Å². The minimum atomic E-state index is 0.762. The molecule has 1 aromatic heterocycles. The molecule has 0 unspecified atom stereocenters. The molecule has 0 N–H and O–H groups in total. The quantitative estimate of drug-likeness (QED) is 0.397. The fourth-order valence-electron chi connectivity index (χ4n) is 2.66. The lowest BCUT2D eigenvalue weighted by Crippen LogP contribution is -1.83. The maximum atomic E-state index is 6.33. The minimum Gasteiger partial charge on any atom is -0.236 e. The molecule has 0 bridgehead atoms. The highest BCUT2D eigenvalue weighted by molar-refractivity contribution is 7.13. The van der Waals surface area contributed by atoms with Crippen LogP contribution in [0, 0.1) is 0 Å². The molecule has 0 fully saturated rings. The number of nitrogens with zero attached hydrogens (tertiary/aromatic N) is 1. The Kier molecular flexibility index (Phi) is 4.16. The van der Waals surface area contributed by atoms with E-state index in [1.165, 1.54) is 0 Å². The molecular formula is C21H14ClNS. The molecule has 116 valence electrons. The van der Waals surface area contributed by atoms with Crippen LogP contribution >= 0.6 is 22.9 Å². The summed E-state index contributed by atoms with van der Waals surface area (Å²) in [6.45, 7) is 0. The summed E-state index contributed by atoms with van der Waals surface area (Å²) >= 11 is 7.99. The van der Waals surface area contributed by atoms with E-state index < -0.39 is 0 Å². The van der Waals surface area contributed by atoms with E-state index in [4.69, 9.17) is 16.6 Å².